The maximum atomic E-state index is 5.29. The number of pyridine rings is 2. The van der Waals surface area contributed by atoms with Gasteiger partial charge in [-0.3, -0.25) is 4.98 Å². The average Bonchev–Trinajstić information content (AvgIpc) is 2.93. The molecule has 0 radical (unpaired) electrons. The van der Waals surface area contributed by atoms with E-state index in [-0.39, 0.29) is 5.41 Å². The van der Waals surface area contributed by atoms with Gasteiger partial charge in [0, 0.05) is 51.6 Å². The van der Waals surface area contributed by atoms with E-state index >= 15 is 0 Å². The summed E-state index contributed by atoms with van der Waals surface area (Å²) in [7, 11) is 1.63. The van der Waals surface area contributed by atoms with Crippen molar-refractivity contribution in [3.8, 4) is 5.75 Å². The summed E-state index contributed by atoms with van der Waals surface area (Å²) in [5, 5.41) is 15.0. The van der Waals surface area contributed by atoms with Gasteiger partial charge in [0.2, 0.25) is 0 Å². The molecule has 0 saturated carbocycles. The molecule has 1 fully saturated rings. The fraction of sp³-hybridized carbons (Fsp3) is 0.267. The van der Waals surface area contributed by atoms with E-state index in [1.807, 2.05) is 12.1 Å². The van der Waals surface area contributed by atoms with Crippen molar-refractivity contribution in [3.05, 3.63) is 73.1 Å². The zero-order chi connectivity index (χ0) is 26.1. The van der Waals surface area contributed by atoms with E-state index in [2.05, 4.69) is 87.7 Å². The van der Waals surface area contributed by atoms with E-state index in [4.69, 9.17) is 9.84 Å². The first-order chi connectivity index (χ1) is 18.5. The van der Waals surface area contributed by atoms with Crippen LogP contribution < -0.4 is 15.0 Å². The molecule has 2 aromatic carbocycles. The Labute approximate surface area is 226 Å². The van der Waals surface area contributed by atoms with Crippen LogP contribution in [0, 0.1) is 5.41 Å². The molecular formula is C30H30N6OS. The smallest absolute Gasteiger partial charge is 0.161 e. The van der Waals surface area contributed by atoms with Gasteiger partial charge < -0.3 is 15.0 Å². The molecule has 3 aromatic heterocycles. The number of fused-ring (bicyclic) bond motifs is 2. The largest absolute Gasteiger partial charge is 0.495 e. The minimum absolute atomic E-state index is 0.281. The third kappa shape index (κ3) is 4.96. The van der Waals surface area contributed by atoms with E-state index in [0.717, 1.165) is 62.0 Å². The van der Waals surface area contributed by atoms with Crippen LogP contribution >= 0.6 is 11.8 Å². The molecule has 192 valence electrons. The van der Waals surface area contributed by atoms with Gasteiger partial charge in [0.05, 0.1) is 18.8 Å². The summed E-state index contributed by atoms with van der Waals surface area (Å²) in [6.45, 7) is 6.67. The lowest BCUT2D eigenvalue weighted by molar-refractivity contribution is 0.292. The SMILES string of the molecule is COc1cnc2c(Sc3ccc(Nc4nnc(N5CCCC(C)(C)C5)c5ccccc45)cc3)ccnc2c1. The van der Waals surface area contributed by atoms with Gasteiger partial charge in [-0.05, 0) is 48.6 Å². The number of benzene rings is 2. The lowest BCUT2D eigenvalue weighted by Gasteiger charge is -2.38. The second kappa shape index (κ2) is 10.1. The third-order valence-electron chi connectivity index (χ3n) is 6.96. The number of hydrogen-bond donors (Lipinski definition) is 1. The van der Waals surface area contributed by atoms with E-state index < -0.39 is 0 Å². The highest BCUT2D eigenvalue weighted by Gasteiger charge is 2.28. The topological polar surface area (TPSA) is 76.1 Å². The minimum Gasteiger partial charge on any atom is -0.495 e. The van der Waals surface area contributed by atoms with Crippen LogP contribution in [-0.4, -0.2) is 40.4 Å². The van der Waals surface area contributed by atoms with Crippen LogP contribution in [0.4, 0.5) is 17.3 Å². The predicted molar refractivity (Wildman–Crippen MR) is 155 cm³/mol. The van der Waals surface area contributed by atoms with Crippen LogP contribution in [0.15, 0.2) is 82.8 Å². The van der Waals surface area contributed by atoms with Gasteiger partial charge in [0.15, 0.2) is 11.6 Å². The first-order valence-electron chi connectivity index (χ1n) is 12.8. The van der Waals surface area contributed by atoms with E-state index in [9.17, 15) is 0 Å². The number of nitrogens with one attached hydrogen (secondary N) is 1. The fourth-order valence-electron chi connectivity index (χ4n) is 5.07. The molecule has 1 saturated heterocycles. The Morgan fingerprint density at radius 1 is 0.974 bits per heavy atom. The normalized spacial score (nSPS) is 15.1. The Balaban J connectivity index is 1.23. The molecule has 7 nitrogen and oxygen atoms in total. The summed E-state index contributed by atoms with van der Waals surface area (Å²) in [5.74, 6) is 2.44. The van der Waals surface area contributed by atoms with E-state index in [1.54, 1.807) is 31.3 Å². The molecule has 0 atom stereocenters. The molecule has 5 aromatic rings. The molecule has 38 heavy (non-hydrogen) atoms. The van der Waals surface area contributed by atoms with Crippen LogP contribution in [-0.2, 0) is 0 Å². The third-order valence-corrected chi connectivity index (χ3v) is 8.02. The van der Waals surface area contributed by atoms with E-state index in [0.29, 0.717) is 5.75 Å². The summed E-state index contributed by atoms with van der Waals surface area (Å²) in [6.07, 6.45) is 5.95. The van der Waals surface area contributed by atoms with Crippen molar-refractivity contribution >= 4 is 50.9 Å². The van der Waals surface area contributed by atoms with Gasteiger partial charge in [-0.15, -0.1) is 10.2 Å². The summed E-state index contributed by atoms with van der Waals surface area (Å²) in [4.78, 5) is 13.5. The zero-order valence-electron chi connectivity index (χ0n) is 21.8. The minimum atomic E-state index is 0.281. The van der Waals surface area contributed by atoms with Crippen molar-refractivity contribution in [2.45, 2.75) is 36.5 Å². The van der Waals surface area contributed by atoms with Crippen LogP contribution in [0.25, 0.3) is 21.8 Å². The first-order valence-corrected chi connectivity index (χ1v) is 13.6. The maximum Gasteiger partial charge on any atom is 0.161 e. The van der Waals surface area contributed by atoms with Crippen LogP contribution in [0.5, 0.6) is 5.75 Å². The van der Waals surface area contributed by atoms with Crippen LogP contribution in [0.1, 0.15) is 26.7 Å². The van der Waals surface area contributed by atoms with E-state index in [1.165, 1.54) is 12.8 Å². The number of methoxy groups -OCH3 is 1. The average molecular weight is 523 g/mol. The highest BCUT2D eigenvalue weighted by molar-refractivity contribution is 7.99. The van der Waals surface area contributed by atoms with Crippen molar-refractivity contribution < 1.29 is 4.74 Å². The number of nitrogens with zero attached hydrogens (tertiary/aromatic N) is 5. The second-order valence-corrected chi connectivity index (χ2v) is 11.5. The fourth-order valence-corrected chi connectivity index (χ4v) is 5.98. The Bertz CT molecular complexity index is 1600. The highest BCUT2D eigenvalue weighted by Crippen LogP contribution is 2.37. The summed E-state index contributed by atoms with van der Waals surface area (Å²) in [6, 6.07) is 20.6. The van der Waals surface area contributed by atoms with Gasteiger partial charge in [-0.25, -0.2) is 4.98 Å². The molecule has 1 aliphatic heterocycles. The standard InChI is InChI=1S/C30H30N6OS/c1-30(2)14-6-16-36(19-30)29-24-8-5-4-7-23(24)28(34-35-29)33-20-9-11-22(12-10-20)38-26-13-15-31-25-17-21(37-3)18-32-27(25)26/h4-5,7-13,15,17-18H,6,14,16,19H2,1-3H3,(H,33,34). The molecule has 0 amide bonds. The van der Waals surface area contributed by atoms with Crippen molar-refractivity contribution in [1.29, 1.82) is 0 Å². The number of ether oxygens (including phenoxy) is 1. The van der Waals surface area contributed by atoms with Gasteiger partial charge in [0.1, 0.15) is 11.3 Å². The van der Waals surface area contributed by atoms with Crippen molar-refractivity contribution in [2.24, 2.45) is 5.41 Å². The molecule has 1 N–H and O–H groups in total. The van der Waals surface area contributed by atoms with Gasteiger partial charge >= 0.3 is 0 Å². The Kier molecular flexibility index (Phi) is 6.49. The molecule has 0 aliphatic carbocycles. The van der Waals surface area contributed by atoms with Gasteiger partial charge in [0.25, 0.3) is 0 Å². The Hall–Kier alpha value is -3.91. The molecule has 6 rings (SSSR count). The van der Waals surface area contributed by atoms with Crippen molar-refractivity contribution in [1.82, 2.24) is 20.2 Å². The summed E-state index contributed by atoms with van der Waals surface area (Å²) >= 11 is 1.66. The van der Waals surface area contributed by atoms with Crippen molar-refractivity contribution in [3.63, 3.8) is 0 Å². The second-order valence-electron chi connectivity index (χ2n) is 10.4. The number of anilines is 3. The van der Waals surface area contributed by atoms with Crippen LogP contribution in [0.3, 0.4) is 0 Å². The number of piperidine rings is 1. The van der Waals surface area contributed by atoms with Gasteiger partial charge in [-0.2, -0.15) is 0 Å². The molecule has 4 heterocycles. The summed E-state index contributed by atoms with van der Waals surface area (Å²) < 4.78 is 5.29. The number of hydrogen-bond acceptors (Lipinski definition) is 8. The lowest BCUT2D eigenvalue weighted by atomic mass is 9.84. The first kappa shape index (κ1) is 24.4. The lowest BCUT2D eigenvalue weighted by Crippen LogP contribution is -2.40. The molecule has 1 aliphatic rings. The van der Waals surface area contributed by atoms with Crippen LogP contribution in [0.2, 0.25) is 0 Å². The Morgan fingerprint density at radius 2 is 1.79 bits per heavy atom. The molecular weight excluding hydrogens is 492 g/mol. The molecule has 0 bridgehead atoms. The monoisotopic (exact) mass is 522 g/mol. The maximum absolute atomic E-state index is 5.29. The highest BCUT2D eigenvalue weighted by atomic mass is 32.2. The number of aromatic nitrogens is 4. The predicted octanol–water partition coefficient (Wildman–Crippen LogP) is 7.10. The molecule has 8 heteroatoms. The molecule has 0 unspecified atom stereocenters. The zero-order valence-corrected chi connectivity index (χ0v) is 22.6. The Morgan fingerprint density at radius 3 is 2.58 bits per heavy atom. The quantitative estimate of drug-likeness (QED) is 0.253. The summed E-state index contributed by atoms with van der Waals surface area (Å²) in [5.41, 5.74) is 2.92. The van der Waals surface area contributed by atoms with Gasteiger partial charge in [-0.1, -0.05) is 49.9 Å². The van der Waals surface area contributed by atoms with Crippen molar-refractivity contribution in [2.75, 3.05) is 30.4 Å². The molecule has 0 spiro atoms. The number of rotatable bonds is 6.